The highest BCUT2D eigenvalue weighted by Crippen LogP contribution is 2.25. The second-order valence-electron chi connectivity index (χ2n) is 4.61. The average molecular weight is 269 g/mol. The van der Waals surface area contributed by atoms with Crippen LogP contribution in [-0.2, 0) is 0 Å². The molecule has 2 N–H and O–H groups in total. The molecule has 0 saturated carbocycles. The highest BCUT2D eigenvalue weighted by atomic mass is 19.1. The number of nitrogens with zero attached hydrogens (tertiary/aromatic N) is 2. The number of pyridine rings is 1. The molecule has 0 aliphatic heterocycles. The molecule has 0 aliphatic rings. The van der Waals surface area contributed by atoms with Crippen molar-refractivity contribution < 1.29 is 9.18 Å². The number of nitrogen functional groups attached to an aromatic ring is 1. The maximum absolute atomic E-state index is 13.2. The molecule has 2 heterocycles. The Morgan fingerprint density at radius 3 is 2.80 bits per heavy atom. The molecule has 5 heteroatoms. The Balaban J connectivity index is 2.24. The van der Waals surface area contributed by atoms with E-state index in [4.69, 9.17) is 5.73 Å². The van der Waals surface area contributed by atoms with Gasteiger partial charge in [-0.1, -0.05) is 6.07 Å². The molecule has 2 aromatic heterocycles. The minimum Gasteiger partial charge on any atom is -0.382 e. The number of carbonyl (C=O) groups excluding carboxylic acids is 1. The van der Waals surface area contributed by atoms with Gasteiger partial charge in [-0.15, -0.1) is 0 Å². The van der Waals surface area contributed by atoms with E-state index in [2.05, 4.69) is 4.98 Å². The zero-order chi connectivity index (χ0) is 14.3. The standard InChI is InChI=1S/C15H12FN3O/c1-9-6-11(16)3-4-12(9)10-2-5-14-18-15(17)13(8-20)19(14)7-10/h2-8H,17H2,1H3. The van der Waals surface area contributed by atoms with Gasteiger partial charge in [-0.05, 0) is 47.9 Å². The maximum atomic E-state index is 13.2. The Kier molecular flexibility index (Phi) is 2.75. The number of anilines is 1. The van der Waals surface area contributed by atoms with Crippen molar-refractivity contribution in [1.29, 1.82) is 0 Å². The summed E-state index contributed by atoms with van der Waals surface area (Å²) in [6.45, 7) is 1.84. The third kappa shape index (κ3) is 1.84. The number of rotatable bonds is 2. The summed E-state index contributed by atoms with van der Waals surface area (Å²) in [7, 11) is 0. The zero-order valence-electron chi connectivity index (χ0n) is 10.8. The van der Waals surface area contributed by atoms with Crippen LogP contribution in [0.4, 0.5) is 10.2 Å². The smallest absolute Gasteiger partial charge is 0.170 e. The normalized spacial score (nSPS) is 10.9. The number of halogens is 1. The molecule has 20 heavy (non-hydrogen) atoms. The van der Waals surface area contributed by atoms with Gasteiger partial charge in [0.2, 0.25) is 0 Å². The number of nitrogens with two attached hydrogens (primary N) is 1. The third-order valence-electron chi connectivity index (χ3n) is 3.30. The van der Waals surface area contributed by atoms with E-state index in [1.165, 1.54) is 12.1 Å². The van der Waals surface area contributed by atoms with Crippen molar-refractivity contribution in [3.05, 3.63) is 53.6 Å². The van der Waals surface area contributed by atoms with Gasteiger partial charge >= 0.3 is 0 Å². The van der Waals surface area contributed by atoms with Crippen LogP contribution in [-0.4, -0.2) is 15.7 Å². The van der Waals surface area contributed by atoms with Crippen LogP contribution in [0.5, 0.6) is 0 Å². The van der Waals surface area contributed by atoms with E-state index in [9.17, 15) is 9.18 Å². The molecule has 0 bridgehead atoms. The summed E-state index contributed by atoms with van der Waals surface area (Å²) in [4.78, 5) is 15.2. The summed E-state index contributed by atoms with van der Waals surface area (Å²) in [5, 5.41) is 0. The Labute approximate surface area is 114 Å². The Hall–Kier alpha value is -2.69. The highest BCUT2D eigenvalue weighted by molar-refractivity contribution is 5.82. The molecule has 0 amide bonds. The van der Waals surface area contributed by atoms with Crippen LogP contribution >= 0.6 is 0 Å². The fourth-order valence-electron chi connectivity index (χ4n) is 2.31. The van der Waals surface area contributed by atoms with Crippen LogP contribution in [0.15, 0.2) is 36.5 Å². The van der Waals surface area contributed by atoms with Crippen molar-refractivity contribution in [2.45, 2.75) is 6.92 Å². The fraction of sp³-hybridized carbons (Fsp3) is 0.0667. The molecule has 1 aromatic carbocycles. The van der Waals surface area contributed by atoms with Crippen molar-refractivity contribution in [1.82, 2.24) is 9.38 Å². The summed E-state index contributed by atoms with van der Waals surface area (Å²) in [5.41, 5.74) is 9.21. The lowest BCUT2D eigenvalue weighted by atomic mass is 10.0. The molecule has 0 aliphatic carbocycles. The van der Waals surface area contributed by atoms with E-state index < -0.39 is 0 Å². The van der Waals surface area contributed by atoms with E-state index in [0.717, 1.165) is 16.7 Å². The van der Waals surface area contributed by atoms with E-state index in [-0.39, 0.29) is 11.6 Å². The largest absolute Gasteiger partial charge is 0.382 e. The number of imidazole rings is 1. The van der Waals surface area contributed by atoms with Crippen LogP contribution in [0.1, 0.15) is 16.1 Å². The molecule has 3 rings (SSSR count). The number of hydrogen-bond acceptors (Lipinski definition) is 3. The molecule has 3 aromatic rings. The average Bonchev–Trinajstić information content (AvgIpc) is 2.73. The van der Waals surface area contributed by atoms with Crippen LogP contribution in [0.2, 0.25) is 0 Å². The van der Waals surface area contributed by atoms with Crippen molar-refractivity contribution in [2.24, 2.45) is 0 Å². The topological polar surface area (TPSA) is 60.4 Å². The monoisotopic (exact) mass is 269 g/mol. The van der Waals surface area contributed by atoms with E-state index in [1.54, 1.807) is 22.7 Å². The van der Waals surface area contributed by atoms with Gasteiger partial charge in [-0.3, -0.25) is 9.20 Å². The van der Waals surface area contributed by atoms with E-state index in [1.807, 2.05) is 13.0 Å². The predicted molar refractivity (Wildman–Crippen MR) is 75.1 cm³/mol. The van der Waals surface area contributed by atoms with Crippen molar-refractivity contribution >= 4 is 17.8 Å². The minimum atomic E-state index is -0.271. The lowest BCUT2D eigenvalue weighted by Crippen LogP contribution is -1.95. The first kappa shape index (κ1) is 12.3. The van der Waals surface area contributed by atoms with Crippen LogP contribution in [0.3, 0.4) is 0 Å². The number of fused-ring (bicyclic) bond motifs is 1. The number of aldehydes is 1. The molecule has 0 atom stereocenters. The first-order valence-electron chi connectivity index (χ1n) is 6.09. The molecular weight excluding hydrogens is 257 g/mol. The molecule has 0 unspecified atom stereocenters. The number of aryl methyl sites for hydroxylation is 1. The van der Waals surface area contributed by atoms with Crippen LogP contribution in [0.25, 0.3) is 16.8 Å². The molecule has 0 spiro atoms. The van der Waals surface area contributed by atoms with Gasteiger partial charge in [0.25, 0.3) is 0 Å². The van der Waals surface area contributed by atoms with Gasteiger partial charge in [-0.2, -0.15) is 0 Å². The Morgan fingerprint density at radius 2 is 2.10 bits per heavy atom. The molecular formula is C15H12FN3O. The van der Waals surface area contributed by atoms with Gasteiger partial charge in [0.15, 0.2) is 12.1 Å². The van der Waals surface area contributed by atoms with Crippen LogP contribution in [0, 0.1) is 12.7 Å². The quantitative estimate of drug-likeness (QED) is 0.728. The van der Waals surface area contributed by atoms with Gasteiger partial charge < -0.3 is 5.73 Å². The van der Waals surface area contributed by atoms with Gasteiger partial charge in [0, 0.05) is 6.20 Å². The van der Waals surface area contributed by atoms with E-state index >= 15 is 0 Å². The first-order valence-corrected chi connectivity index (χ1v) is 6.09. The number of carbonyl (C=O) groups is 1. The molecule has 100 valence electrons. The molecule has 4 nitrogen and oxygen atoms in total. The lowest BCUT2D eigenvalue weighted by Gasteiger charge is -2.07. The maximum Gasteiger partial charge on any atom is 0.170 e. The SMILES string of the molecule is Cc1cc(F)ccc1-c1ccc2nc(N)c(C=O)n2c1. The highest BCUT2D eigenvalue weighted by Gasteiger charge is 2.10. The first-order chi connectivity index (χ1) is 9.60. The Bertz CT molecular complexity index is 823. The number of benzene rings is 1. The summed E-state index contributed by atoms with van der Waals surface area (Å²) >= 11 is 0. The van der Waals surface area contributed by atoms with E-state index in [0.29, 0.717) is 17.6 Å². The predicted octanol–water partition coefficient (Wildman–Crippen LogP) is 2.84. The number of hydrogen-bond donors (Lipinski definition) is 1. The van der Waals surface area contributed by atoms with Crippen molar-refractivity contribution in [3.63, 3.8) is 0 Å². The van der Waals surface area contributed by atoms with Crippen molar-refractivity contribution in [2.75, 3.05) is 5.73 Å². The second kappa shape index (κ2) is 4.45. The molecule has 0 fully saturated rings. The van der Waals surface area contributed by atoms with Crippen LogP contribution < -0.4 is 5.73 Å². The third-order valence-corrected chi connectivity index (χ3v) is 3.30. The molecule has 0 saturated heterocycles. The second-order valence-corrected chi connectivity index (χ2v) is 4.61. The summed E-state index contributed by atoms with van der Waals surface area (Å²) in [6, 6.07) is 8.25. The summed E-state index contributed by atoms with van der Waals surface area (Å²) in [6.07, 6.45) is 2.46. The molecule has 0 radical (unpaired) electrons. The number of aromatic nitrogens is 2. The summed E-state index contributed by atoms with van der Waals surface area (Å²) < 4.78 is 14.8. The summed E-state index contributed by atoms with van der Waals surface area (Å²) in [5.74, 6) is -0.0687. The minimum absolute atomic E-state index is 0.202. The van der Waals surface area contributed by atoms with Gasteiger partial charge in [-0.25, -0.2) is 9.37 Å². The lowest BCUT2D eigenvalue weighted by molar-refractivity contribution is 0.111. The fourth-order valence-corrected chi connectivity index (χ4v) is 2.31. The van der Waals surface area contributed by atoms with Gasteiger partial charge in [0.1, 0.15) is 17.2 Å². The Morgan fingerprint density at radius 1 is 1.30 bits per heavy atom. The van der Waals surface area contributed by atoms with Gasteiger partial charge in [0.05, 0.1) is 0 Å². The van der Waals surface area contributed by atoms with Crippen molar-refractivity contribution in [3.8, 4) is 11.1 Å². The zero-order valence-corrected chi connectivity index (χ0v) is 10.8.